The fourth-order valence-electron chi connectivity index (χ4n) is 1.56. The molecule has 1 N–H and O–H groups in total. The van der Waals surface area contributed by atoms with Crippen LogP contribution in [0.4, 0.5) is 0 Å². The van der Waals surface area contributed by atoms with Crippen LogP contribution in [0.5, 0.6) is 5.75 Å². The van der Waals surface area contributed by atoms with Crippen LogP contribution in [-0.4, -0.2) is 29.7 Å². The van der Waals surface area contributed by atoms with Gasteiger partial charge in [0.15, 0.2) is 0 Å². The molecule has 0 saturated carbocycles. The van der Waals surface area contributed by atoms with Gasteiger partial charge in [-0.3, -0.25) is 0 Å². The van der Waals surface area contributed by atoms with Crippen molar-refractivity contribution in [2.24, 2.45) is 0 Å². The molecule has 0 unspecified atom stereocenters. The van der Waals surface area contributed by atoms with Crippen molar-refractivity contribution in [3.63, 3.8) is 0 Å². The summed E-state index contributed by atoms with van der Waals surface area (Å²) in [5, 5.41) is 0. The number of hydrogen-bond acceptors (Lipinski definition) is 4. The summed E-state index contributed by atoms with van der Waals surface area (Å²) in [6, 6.07) is 7.48. The van der Waals surface area contributed by atoms with Gasteiger partial charge in [0.2, 0.25) is 0 Å². The Hall–Kier alpha value is -2.30. The van der Waals surface area contributed by atoms with Crippen LogP contribution < -0.4 is 4.74 Å². The molecular formula is C13H14N2O3. The summed E-state index contributed by atoms with van der Waals surface area (Å²) in [5.74, 6) is 0.999. The predicted molar refractivity (Wildman–Crippen MR) is 66.5 cm³/mol. The zero-order valence-corrected chi connectivity index (χ0v) is 10.3. The first-order valence-electron chi connectivity index (χ1n) is 5.61. The quantitative estimate of drug-likeness (QED) is 0.840. The van der Waals surface area contributed by atoms with Crippen molar-refractivity contribution in [3.05, 3.63) is 36.2 Å². The van der Waals surface area contributed by atoms with Gasteiger partial charge in [-0.25, -0.2) is 9.78 Å². The highest BCUT2D eigenvalue weighted by atomic mass is 16.5. The lowest BCUT2D eigenvalue weighted by Gasteiger charge is -2.03. The summed E-state index contributed by atoms with van der Waals surface area (Å²) < 4.78 is 9.96. The molecule has 0 amide bonds. The summed E-state index contributed by atoms with van der Waals surface area (Å²) in [7, 11) is 1.33. The minimum Gasteiger partial charge on any atom is -0.494 e. The fraction of sp³-hybridized carbons (Fsp3) is 0.231. The molecule has 2 aromatic rings. The highest BCUT2D eigenvalue weighted by Gasteiger charge is 2.10. The van der Waals surface area contributed by atoms with Crippen molar-refractivity contribution >= 4 is 5.97 Å². The molecule has 18 heavy (non-hydrogen) atoms. The number of aromatic amines is 1. The van der Waals surface area contributed by atoms with E-state index in [2.05, 4.69) is 14.7 Å². The van der Waals surface area contributed by atoms with Crippen molar-refractivity contribution in [1.29, 1.82) is 0 Å². The Labute approximate surface area is 105 Å². The van der Waals surface area contributed by atoms with E-state index >= 15 is 0 Å². The normalized spacial score (nSPS) is 10.1. The Kier molecular flexibility index (Phi) is 3.62. The number of aromatic nitrogens is 2. The highest BCUT2D eigenvalue weighted by molar-refractivity contribution is 5.87. The summed E-state index contributed by atoms with van der Waals surface area (Å²) in [6.07, 6.45) is 1.46. The monoisotopic (exact) mass is 246 g/mol. The van der Waals surface area contributed by atoms with E-state index in [4.69, 9.17) is 4.74 Å². The highest BCUT2D eigenvalue weighted by Crippen LogP contribution is 2.20. The predicted octanol–water partition coefficient (Wildman–Crippen LogP) is 2.26. The number of ether oxygens (including phenoxy) is 2. The third kappa shape index (κ3) is 2.51. The molecule has 0 radical (unpaired) electrons. The van der Waals surface area contributed by atoms with Gasteiger partial charge in [-0.2, -0.15) is 0 Å². The van der Waals surface area contributed by atoms with Crippen LogP contribution in [0.1, 0.15) is 17.4 Å². The van der Waals surface area contributed by atoms with Crippen molar-refractivity contribution in [2.45, 2.75) is 6.92 Å². The standard InChI is InChI=1S/C13H14N2O3/c1-3-18-10-6-4-9(5-7-10)12-14-8-11(15-12)13(16)17-2/h4-8H,3H2,1-2H3,(H,14,15). The van der Waals surface area contributed by atoms with Crippen LogP contribution in [0.15, 0.2) is 30.5 Å². The summed E-state index contributed by atoms with van der Waals surface area (Å²) in [4.78, 5) is 18.3. The summed E-state index contributed by atoms with van der Waals surface area (Å²) in [5.41, 5.74) is 1.22. The van der Waals surface area contributed by atoms with Crippen molar-refractivity contribution in [1.82, 2.24) is 9.97 Å². The van der Waals surface area contributed by atoms with Gasteiger partial charge in [0, 0.05) is 5.56 Å². The zero-order chi connectivity index (χ0) is 13.0. The van der Waals surface area contributed by atoms with E-state index in [0.717, 1.165) is 11.3 Å². The van der Waals surface area contributed by atoms with E-state index in [1.807, 2.05) is 31.2 Å². The van der Waals surface area contributed by atoms with Crippen LogP contribution >= 0.6 is 0 Å². The molecule has 5 nitrogen and oxygen atoms in total. The van der Waals surface area contributed by atoms with Crippen LogP contribution in [0.2, 0.25) is 0 Å². The third-order valence-corrected chi connectivity index (χ3v) is 2.42. The van der Waals surface area contributed by atoms with Gasteiger partial charge in [0.1, 0.15) is 17.3 Å². The number of H-pyrrole nitrogens is 1. The molecule has 1 aromatic carbocycles. The maximum Gasteiger partial charge on any atom is 0.356 e. The smallest absolute Gasteiger partial charge is 0.356 e. The topological polar surface area (TPSA) is 64.2 Å². The molecule has 5 heteroatoms. The lowest BCUT2D eigenvalue weighted by molar-refractivity contribution is 0.0595. The SMILES string of the molecule is CCOc1ccc(-c2ncc(C(=O)OC)[nH]2)cc1. The molecule has 0 fully saturated rings. The first-order valence-corrected chi connectivity index (χ1v) is 5.61. The Morgan fingerprint density at radius 3 is 2.67 bits per heavy atom. The van der Waals surface area contributed by atoms with Gasteiger partial charge in [-0.05, 0) is 31.2 Å². The number of methoxy groups -OCH3 is 1. The molecule has 1 aromatic heterocycles. The van der Waals surface area contributed by atoms with E-state index in [9.17, 15) is 4.79 Å². The lowest BCUT2D eigenvalue weighted by atomic mass is 10.2. The number of nitrogens with zero attached hydrogens (tertiary/aromatic N) is 1. The minimum absolute atomic E-state index is 0.335. The summed E-state index contributed by atoms with van der Waals surface area (Å²) in [6.45, 7) is 2.57. The second kappa shape index (κ2) is 5.35. The van der Waals surface area contributed by atoms with E-state index in [0.29, 0.717) is 18.1 Å². The van der Waals surface area contributed by atoms with Crippen molar-refractivity contribution in [3.8, 4) is 17.1 Å². The van der Waals surface area contributed by atoms with Gasteiger partial charge >= 0.3 is 5.97 Å². The molecule has 94 valence electrons. The largest absolute Gasteiger partial charge is 0.494 e. The molecule has 0 bridgehead atoms. The Bertz CT molecular complexity index is 531. The first-order chi connectivity index (χ1) is 8.74. The molecule has 0 saturated heterocycles. The van der Waals surface area contributed by atoms with Crippen molar-refractivity contribution in [2.75, 3.05) is 13.7 Å². The average Bonchev–Trinajstić information content (AvgIpc) is 2.89. The lowest BCUT2D eigenvalue weighted by Crippen LogP contribution is -2.00. The minimum atomic E-state index is -0.431. The average molecular weight is 246 g/mol. The van der Waals surface area contributed by atoms with Crippen LogP contribution in [-0.2, 0) is 4.74 Å². The van der Waals surface area contributed by atoms with E-state index in [-0.39, 0.29) is 0 Å². The Balaban J connectivity index is 2.20. The number of carbonyl (C=O) groups is 1. The Morgan fingerprint density at radius 2 is 2.06 bits per heavy atom. The maximum atomic E-state index is 11.3. The second-order valence-corrected chi connectivity index (χ2v) is 3.59. The third-order valence-electron chi connectivity index (χ3n) is 2.42. The van der Waals surface area contributed by atoms with Gasteiger partial charge in [-0.15, -0.1) is 0 Å². The van der Waals surface area contributed by atoms with E-state index in [1.165, 1.54) is 13.3 Å². The molecular weight excluding hydrogens is 232 g/mol. The number of nitrogens with one attached hydrogen (secondary N) is 1. The van der Waals surface area contributed by atoms with Gasteiger partial charge < -0.3 is 14.5 Å². The number of esters is 1. The number of imidazole rings is 1. The molecule has 0 aliphatic carbocycles. The van der Waals surface area contributed by atoms with E-state index in [1.54, 1.807) is 0 Å². The molecule has 0 aliphatic rings. The number of carbonyl (C=O) groups excluding carboxylic acids is 1. The second-order valence-electron chi connectivity index (χ2n) is 3.59. The van der Waals surface area contributed by atoms with Gasteiger partial charge in [0.25, 0.3) is 0 Å². The van der Waals surface area contributed by atoms with E-state index < -0.39 is 5.97 Å². The summed E-state index contributed by atoms with van der Waals surface area (Å²) >= 11 is 0. The maximum absolute atomic E-state index is 11.3. The number of benzene rings is 1. The molecule has 0 aliphatic heterocycles. The van der Waals surface area contributed by atoms with Crippen LogP contribution in [0.25, 0.3) is 11.4 Å². The number of rotatable bonds is 4. The van der Waals surface area contributed by atoms with Gasteiger partial charge in [-0.1, -0.05) is 0 Å². The van der Waals surface area contributed by atoms with Crippen LogP contribution in [0.3, 0.4) is 0 Å². The number of hydrogen-bond donors (Lipinski definition) is 1. The Morgan fingerprint density at radius 1 is 1.33 bits per heavy atom. The molecule has 0 spiro atoms. The molecule has 1 heterocycles. The molecule has 0 atom stereocenters. The fourth-order valence-corrected chi connectivity index (χ4v) is 1.56. The van der Waals surface area contributed by atoms with Crippen molar-refractivity contribution < 1.29 is 14.3 Å². The first kappa shape index (κ1) is 12.2. The van der Waals surface area contributed by atoms with Crippen LogP contribution in [0, 0.1) is 0 Å². The molecule has 2 rings (SSSR count). The zero-order valence-electron chi connectivity index (χ0n) is 10.3. The van der Waals surface area contributed by atoms with Gasteiger partial charge in [0.05, 0.1) is 19.9 Å².